The van der Waals surface area contributed by atoms with Crippen LogP contribution >= 0.6 is 23.4 Å². The number of benzene rings is 2. The molecule has 27 heavy (non-hydrogen) atoms. The van der Waals surface area contributed by atoms with Gasteiger partial charge in [-0.3, -0.25) is 9.59 Å². The number of halogens is 1. The number of hydrogen-bond acceptors (Lipinski definition) is 3. The number of carbonyl (C=O) groups excluding carboxylic acids is 2. The second kappa shape index (κ2) is 11.0. The van der Waals surface area contributed by atoms with Crippen LogP contribution in [0.4, 0.5) is 0 Å². The Balaban J connectivity index is 1.94. The summed E-state index contributed by atoms with van der Waals surface area (Å²) in [6, 6.07) is 17.1. The second-order valence-corrected chi connectivity index (χ2v) is 7.77. The summed E-state index contributed by atoms with van der Waals surface area (Å²) in [7, 11) is 1.59. The molecule has 0 bridgehead atoms. The fourth-order valence-electron chi connectivity index (χ4n) is 2.71. The molecule has 4 nitrogen and oxygen atoms in total. The molecule has 1 N–H and O–H groups in total. The number of nitrogens with one attached hydrogen (secondary N) is 1. The van der Waals surface area contributed by atoms with Crippen LogP contribution in [0.1, 0.15) is 18.9 Å². The SMILES string of the molecule is CNC(=O)C(C)N(CCc1ccccc1)C(=O)CCSc1ccc(Cl)cc1. The molecule has 1 unspecified atom stereocenters. The Hall–Kier alpha value is -1.98. The Kier molecular flexibility index (Phi) is 8.69. The zero-order valence-electron chi connectivity index (χ0n) is 15.7. The van der Waals surface area contributed by atoms with Crippen molar-refractivity contribution in [3.8, 4) is 0 Å². The summed E-state index contributed by atoms with van der Waals surface area (Å²) in [4.78, 5) is 27.6. The fraction of sp³-hybridized carbons (Fsp3) is 0.333. The minimum absolute atomic E-state index is 0.0107. The maximum absolute atomic E-state index is 12.8. The van der Waals surface area contributed by atoms with Crippen molar-refractivity contribution in [1.82, 2.24) is 10.2 Å². The molecular formula is C21H25ClN2O2S. The summed E-state index contributed by atoms with van der Waals surface area (Å²) in [5.41, 5.74) is 1.15. The maximum Gasteiger partial charge on any atom is 0.242 e. The average Bonchev–Trinajstić information content (AvgIpc) is 2.69. The van der Waals surface area contributed by atoms with E-state index < -0.39 is 6.04 Å². The number of hydrogen-bond donors (Lipinski definition) is 1. The lowest BCUT2D eigenvalue weighted by Gasteiger charge is -2.28. The zero-order chi connectivity index (χ0) is 19.6. The Bertz CT molecular complexity index is 738. The van der Waals surface area contributed by atoms with Gasteiger partial charge in [-0.05, 0) is 43.2 Å². The van der Waals surface area contributed by atoms with Gasteiger partial charge < -0.3 is 10.2 Å². The number of likely N-dealkylation sites (N-methyl/N-ethyl adjacent to an activating group) is 1. The van der Waals surface area contributed by atoms with Crippen LogP contribution in [0.5, 0.6) is 0 Å². The van der Waals surface area contributed by atoms with E-state index in [-0.39, 0.29) is 11.8 Å². The monoisotopic (exact) mass is 404 g/mol. The molecule has 2 rings (SSSR count). The van der Waals surface area contributed by atoms with Crippen LogP contribution < -0.4 is 5.32 Å². The Morgan fingerprint density at radius 3 is 2.41 bits per heavy atom. The largest absolute Gasteiger partial charge is 0.357 e. The van der Waals surface area contributed by atoms with Gasteiger partial charge in [-0.25, -0.2) is 0 Å². The first-order valence-corrected chi connectivity index (χ1v) is 10.3. The van der Waals surface area contributed by atoms with Crippen LogP contribution in [0.15, 0.2) is 59.5 Å². The van der Waals surface area contributed by atoms with Gasteiger partial charge in [0.05, 0.1) is 0 Å². The Morgan fingerprint density at radius 1 is 1.11 bits per heavy atom. The first kappa shape index (κ1) is 21.3. The highest BCUT2D eigenvalue weighted by Crippen LogP contribution is 2.21. The molecule has 0 aliphatic rings. The van der Waals surface area contributed by atoms with Gasteiger partial charge in [0.2, 0.25) is 11.8 Å². The van der Waals surface area contributed by atoms with Gasteiger partial charge in [-0.1, -0.05) is 41.9 Å². The molecule has 0 saturated heterocycles. The third kappa shape index (κ3) is 6.92. The molecule has 2 amide bonds. The van der Waals surface area contributed by atoms with Crippen LogP contribution in [-0.2, 0) is 16.0 Å². The van der Waals surface area contributed by atoms with E-state index in [1.165, 1.54) is 0 Å². The quantitative estimate of drug-likeness (QED) is 0.642. The highest BCUT2D eigenvalue weighted by atomic mass is 35.5. The lowest BCUT2D eigenvalue weighted by atomic mass is 10.1. The van der Waals surface area contributed by atoms with Crippen LogP contribution in [0, 0.1) is 0 Å². The summed E-state index contributed by atoms with van der Waals surface area (Å²) < 4.78 is 0. The summed E-state index contributed by atoms with van der Waals surface area (Å²) in [5, 5.41) is 3.33. The van der Waals surface area contributed by atoms with Gasteiger partial charge >= 0.3 is 0 Å². The topological polar surface area (TPSA) is 49.4 Å². The highest BCUT2D eigenvalue weighted by Gasteiger charge is 2.24. The molecule has 0 aromatic heterocycles. The number of nitrogens with zero attached hydrogens (tertiary/aromatic N) is 1. The number of amides is 2. The van der Waals surface area contributed by atoms with Crippen molar-refractivity contribution < 1.29 is 9.59 Å². The third-order valence-corrected chi connectivity index (χ3v) is 5.56. The normalized spacial score (nSPS) is 11.7. The van der Waals surface area contributed by atoms with Gasteiger partial charge in [-0.15, -0.1) is 11.8 Å². The van der Waals surface area contributed by atoms with Crippen LogP contribution in [0.2, 0.25) is 5.02 Å². The van der Waals surface area contributed by atoms with Crippen LogP contribution in [0.25, 0.3) is 0 Å². The van der Waals surface area contributed by atoms with Crippen molar-refractivity contribution in [2.24, 2.45) is 0 Å². The first-order valence-electron chi connectivity index (χ1n) is 8.94. The Morgan fingerprint density at radius 2 is 1.78 bits per heavy atom. The molecular weight excluding hydrogens is 380 g/mol. The van der Waals surface area contributed by atoms with Crippen molar-refractivity contribution in [3.63, 3.8) is 0 Å². The molecule has 0 spiro atoms. The fourth-order valence-corrected chi connectivity index (χ4v) is 3.68. The molecule has 0 aliphatic heterocycles. The standard InChI is InChI=1S/C21H25ClN2O2S/c1-16(21(26)23-2)24(14-12-17-6-4-3-5-7-17)20(25)13-15-27-19-10-8-18(22)9-11-19/h3-11,16H,12-15H2,1-2H3,(H,23,26). The molecule has 0 saturated carbocycles. The average molecular weight is 405 g/mol. The van der Waals surface area contributed by atoms with Gasteiger partial charge in [0.25, 0.3) is 0 Å². The van der Waals surface area contributed by atoms with E-state index in [1.54, 1.807) is 30.6 Å². The van der Waals surface area contributed by atoms with E-state index in [4.69, 9.17) is 11.6 Å². The number of thioether (sulfide) groups is 1. The molecule has 1 atom stereocenters. The van der Waals surface area contributed by atoms with Crippen molar-refractivity contribution in [2.45, 2.75) is 30.7 Å². The minimum Gasteiger partial charge on any atom is -0.357 e. The lowest BCUT2D eigenvalue weighted by molar-refractivity contribution is -0.139. The van der Waals surface area contributed by atoms with Gasteiger partial charge in [0.15, 0.2) is 0 Å². The van der Waals surface area contributed by atoms with E-state index in [1.807, 2.05) is 54.6 Å². The predicted molar refractivity (Wildman–Crippen MR) is 112 cm³/mol. The first-order chi connectivity index (χ1) is 13.0. The smallest absolute Gasteiger partial charge is 0.242 e. The number of carbonyl (C=O) groups is 2. The van der Waals surface area contributed by atoms with E-state index >= 15 is 0 Å². The van der Waals surface area contributed by atoms with Crippen molar-refractivity contribution in [3.05, 3.63) is 65.2 Å². The molecule has 2 aromatic rings. The summed E-state index contributed by atoms with van der Waals surface area (Å²) in [6.07, 6.45) is 1.10. The summed E-state index contributed by atoms with van der Waals surface area (Å²) >= 11 is 7.50. The van der Waals surface area contributed by atoms with Crippen LogP contribution in [-0.4, -0.2) is 42.1 Å². The second-order valence-electron chi connectivity index (χ2n) is 6.17. The minimum atomic E-state index is -0.494. The van der Waals surface area contributed by atoms with Crippen LogP contribution in [0.3, 0.4) is 0 Å². The zero-order valence-corrected chi connectivity index (χ0v) is 17.2. The van der Waals surface area contributed by atoms with Gasteiger partial charge in [0, 0.05) is 35.7 Å². The van der Waals surface area contributed by atoms with Crippen molar-refractivity contribution in [2.75, 3.05) is 19.3 Å². The molecule has 0 radical (unpaired) electrons. The molecule has 0 fully saturated rings. The molecule has 6 heteroatoms. The lowest BCUT2D eigenvalue weighted by Crippen LogP contribution is -2.48. The highest BCUT2D eigenvalue weighted by molar-refractivity contribution is 7.99. The van der Waals surface area contributed by atoms with Crippen molar-refractivity contribution in [1.29, 1.82) is 0 Å². The molecule has 0 aliphatic carbocycles. The maximum atomic E-state index is 12.8. The number of rotatable bonds is 9. The van der Waals surface area contributed by atoms with Gasteiger partial charge in [0.1, 0.15) is 6.04 Å². The molecule has 2 aromatic carbocycles. The summed E-state index contributed by atoms with van der Waals surface area (Å²) in [6.45, 7) is 2.29. The van der Waals surface area contributed by atoms with Crippen molar-refractivity contribution >= 4 is 35.2 Å². The molecule has 0 heterocycles. The predicted octanol–water partition coefficient (Wildman–Crippen LogP) is 4.03. The molecule has 144 valence electrons. The summed E-state index contributed by atoms with van der Waals surface area (Å²) in [5.74, 6) is 0.494. The van der Waals surface area contributed by atoms with E-state index in [0.717, 1.165) is 16.9 Å². The third-order valence-electron chi connectivity index (χ3n) is 4.30. The van der Waals surface area contributed by atoms with E-state index in [9.17, 15) is 9.59 Å². The van der Waals surface area contributed by atoms with E-state index in [0.29, 0.717) is 23.7 Å². The Labute approximate surface area is 170 Å². The van der Waals surface area contributed by atoms with E-state index in [2.05, 4.69) is 5.32 Å². The van der Waals surface area contributed by atoms with Gasteiger partial charge in [-0.2, -0.15) is 0 Å².